The molecule has 0 aromatic heterocycles. The first kappa shape index (κ1) is 18.4. The highest BCUT2D eigenvalue weighted by atomic mass is 19.1. The van der Waals surface area contributed by atoms with Crippen molar-refractivity contribution in [3.63, 3.8) is 0 Å². The Morgan fingerprint density at radius 2 is 2.00 bits per heavy atom. The third-order valence-corrected chi connectivity index (χ3v) is 4.70. The monoisotopic (exact) mass is 356 g/mol. The first-order valence-electron chi connectivity index (χ1n) is 9.11. The van der Waals surface area contributed by atoms with Gasteiger partial charge in [0, 0.05) is 25.9 Å². The molecule has 3 rings (SSSR count). The SMILES string of the molecule is CN(CC[C@H]1CCCCO1)C(=O)Nc1cccc(-c2ccc(F)cc2)c1. The summed E-state index contributed by atoms with van der Waals surface area (Å²) in [5.41, 5.74) is 2.56. The lowest BCUT2D eigenvalue weighted by molar-refractivity contribution is 0.00848. The molecule has 26 heavy (non-hydrogen) atoms. The fraction of sp³-hybridized carbons (Fsp3) is 0.381. The maximum atomic E-state index is 13.1. The Hall–Kier alpha value is -2.40. The summed E-state index contributed by atoms with van der Waals surface area (Å²) in [5.74, 6) is -0.262. The van der Waals surface area contributed by atoms with Crippen LogP contribution in [0.5, 0.6) is 0 Å². The van der Waals surface area contributed by atoms with Crippen molar-refractivity contribution in [1.82, 2.24) is 4.90 Å². The van der Waals surface area contributed by atoms with Gasteiger partial charge in [-0.05, 0) is 61.1 Å². The molecule has 1 aliphatic rings. The van der Waals surface area contributed by atoms with E-state index in [1.54, 1.807) is 24.1 Å². The van der Waals surface area contributed by atoms with Crippen molar-refractivity contribution in [3.8, 4) is 11.1 Å². The molecule has 1 N–H and O–H groups in total. The Bertz CT molecular complexity index is 727. The van der Waals surface area contributed by atoms with Gasteiger partial charge in [-0.2, -0.15) is 0 Å². The number of halogens is 1. The molecule has 1 saturated heterocycles. The van der Waals surface area contributed by atoms with Crippen molar-refractivity contribution in [2.45, 2.75) is 31.8 Å². The van der Waals surface area contributed by atoms with E-state index >= 15 is 0 Å². The standard InChI is InChI=1S/C21H25FN2O2/c1-24(13-12-20-7-2-3-14-26-20)21(25)23-19-6-4-5-17(15-19)16-8-10-18(22)11-9-16/h4-6,8-11,15,20H,2-3,7,12-14H2,1H3,(H,23,25)/t20-/m1/s1. The topological polar surface area (TPSA) is 41.6 Å². The quantitative estimate of drug-likeness (QED) is 0.826. The molecule has 2 amide bonds. The van der Waals surface area contributed by atoms with Crippen LogP contribution in [0.15, 0.2) is 48.5 Å². The van der Waals surface area contributed by atoms with Crippen molar-refractivity contribution in [2.24, 2.45) is 0 Å². The van der Waals surface area contributed by atoms with Gasteiger partial charge in [-0.15, -0.1) is 0 Å². The van der Waals surface area contributed by atoms with Crippen LogP contribution in [0.2, 0.25) is 0 Å². The van der Waals surface area contributed by atoms with Crippen molar-refractivity contribution >= 4 is 11.7 Å². The summed E-state index contributed by atoms with van der Waals surface area (Å²) in [4.78, 5) is 14.1. The summed E-state index contributed by atoms with van der Waals surface area (Å²) in [6.07, 6.45) is 4.55. The Kier molecular flexibility index (Phi) is 6.23. The van der Waals surface area contributed by atoms with E-state index in [-0.39, 0.29) is 18.0 Å². The third kappa shape index (κ3) is 5.05. The maximum absolute atomic E-state index is 13.1. The minimum Gasteiger partial charge on any atom is -0.378 e. The molecule has 0 unspecified atom stereocenters. The van der Waals surface area contributed by atoms with Crippen LogP contribution in [0.4, 0.5) is 14.9 Å². The van der Waals surface area contributed by atoms with E-state index in [0.717, 1.165) is 42.7 Å². The fourth-order valence-electron chi connectivity index (χ4n) is 3.11. The summed E-state index contributed by atoms with van der Waals surface area (Å²) < 4.78 is 18.8. The molecule has 0 aliphatic carbocycles. The highest BCUT2D eigenvalue weighted by molar-refractivity contribution is 5.90. The van der Waals surface area contributed by atoms with Gasteiger partial charge >= 0.3 is 6.03 Å². The van der Waals surface area contributed by atoms with Crippen LogP contribution in [-0.4, -0.2) is 37.2 Å². The Labute approximate surface area is 154 Å². The average Bonchev–Trinajstić information content (AvgIpc) is 2.67. The molecule has 4 nitrogen and oxygen atoms in total. The smallest absolute Gasteiger partial charge is 0.321 e. The van der Waals surface area contributed by atoms with E-state index < -0.39 is 0 Å². The van der Waals surface area contributed by atoms with Gasteiger partial charge in [0.1, 0.15) is 5.82 Å². The predicted molar refractivity (Wildman–Crippen MR) is 102 cm³/mol. The summed E-state index contributed by atoms with van der Waals surface area (Å²) in [6, 6.07) is 13.7. The number of ether oxygens (including phenoxy) is 1. The third-order valence-electron chi connectivity index (χ3n) is 4.70. The van der Waals surface area contributed by atoms with Crippen LogP contribution in [-0.2, 0) is 4.74 Å². The molecule has 2 aromatic rings. The maximum Gasteiger partial charge on any atom is 0.321 e. The summed E-state index contributed by atoms with van der Waals surface area (Å²) >= 11 is 0. The molecule has 0 spiro atoms. The molecule has 0 saturated carbocycles. The molecule has 1 aliphatic heterocycles. The lowest BCUT2D eigenvalue weighted by Crippen LogP contribution is -2.34. The molecule has 2 aromatic carbocycles. The number of amides is 2. The molecule has 5 heteroatoms. The van der Waals surface area contributed by atoms with Crippen LogP contribution in [0.3, 0.4) is 0 Å². The van der Waals surface area contributed by atoms with E-state index in [1.807, 2.05) is 24.3 Å². The number of carbonyl (C=O) groups excluding carboxylic acids is 1. The molecule has 0 radical (unpaired) electrons. The van der Waals surface area contributed by atoms with Crippen molar-refractivity contribution < 1.29 is 13.9 Å². The van der Waals surface area contributed by atoms with Gasteiger partial charge in [0.25, 0.3) is 0 Å². The van der Waals surface area contributed by atoms with Gasteiger partial charge < -0.3 is 15.0 Å². The number of urea groups is 1. The molecular weight excluding hydrogens is 331 g/mol. The molecule has 1 atom stereocenters. The van der Waals surface area contributed by atoms with E-state index in [2.05, 4.69) is 5.32 Å². The fourth-order valence-corrected chi connectivity index (χ4v) is 3.11. The highest BCUT2D eigenvalue weighted by Gasteiger charge is 2.16. The normalized spacial score (nSPS) is 16.9. The molecule has 0 bridgehead atoms. The molecule has 138 valence electrons. The zero-order chi connectivity index (χ0) is 18.4. The Morgan fingerprint density at radius 3 is 2.73 bits per heavy atom. The lowest BCUT2D eigenvalue weighted by atomic mass is 10.1. The van der Waals surface area contributed by atoms with Gasteiger partial charge in [0.05, 0.1) is 6.10 Å². The predicted octanol–water partition coefficient (Wildman–Crippen LogP) is 4.92. The second kappa shape index (κ2) is 8.81. The lowest BCUT2D eigenvalue weighted by Gasteiger charge is -2.25. The first-order chi connectivity index (χ1) is 12.6. The van der Waals surface area contributed by atoms with Gasteiger partial charge in [-0.25, -0.2) is 9.18 Å². The van der Waals surface area contributed by atoms with Gasteiger partial charge in [-0.3, -0.25) is 0 Å². The second-order valence-corrected chi connectivity index (χ2v) is 6.72. The Balaban J connectivity index is 1.56. The van der Waals surface area contributed by atoms with Crippen LogP contribution in [0.25, 0.3) is 11.1 Å². The molecule has 1 fully saturated rings. The molecule has 1 heterocycles. The number of hydrogen-bond acceptors (Lipinski definition) is 2. The second-order valence-electron chi connectivity index (χ2n) is 6.72. The van der Waals surface area contributed by atoms with Gasteiger partial charge in [0.2, 0.25) is 0 Å². The zero-order valence-corrected chi connectivity index (χ0v) is 15.1. The number of benzene rings is 2. The van der Waals surface area contributed by atoms with Crippen LogP contribution in [0, 0.1) is 5.82 Å². The van der Waals surface area contributed by atoms with E-state index in [1.165, 1.54) is 18.6 Å². The van der Waals surface area contributed by atoms with E-state index in [4.69, 9.17) is 4.74 Å². The summed E-state index contributed by atoms with van der Waals surface area (Å²) in [6.45, 7) is 1.49. The summed E-state index contributed by atoms with van der Waals surface area (Å²) in [5, 5.41) is 2.92. The number of carbonyl (C=O) groups is 1. The van der Waals surface area contributed by atoms with Crippen molar-refractivity contribution in [3.05, 3.63) is 54.3 Å². The van der Waals surface area contributed by atoms with Crippen LogP contribution >= 0.6 is 0 Å². The van der Waals surface area contributed by atoms with Crippen LogP contribution < -0.4 is 5.32 Å². The van der Waals surface area contributed by atoms with Gasteiger partial charge in [0.15, 0.2) is 0 Å². The highest BCUT2D eigenvalue weighted by Crippen LogP contribution is 2.23. The van der Waals surface area contributed by atoms with E-state index in [0.29, 0.717) is 6.54 Å². The minimum atomic E-state index is -0.262. The number of anilines is 1. The van der Waals surface area contributed by atoms with Crippen LogP contribution in [0.1, 0.15) is 25.7 Å². The molecular formula is C21H25FN2O2. The average molecular weight is 356 g/mol. The van der Waals surface area contributed by atoms with Crippen molar-refractivity contribution in [1.29, 1.82) is 0 Å². The van der Waals surface area contributed by atoms with Gasteiger partial charge in [-0.1, -0.05) is 24.3 Å². The number of hydrogen-bond donors (Lipinski definition) is 1. The van der Waals surface area contributed by atoms with E-state index in [9.17, 15) is 9.18 Å². The number of rotatable bonds is 5. The zero-order valence-electron chi connectivity index (χ0n) is 15.1. The Morgan fingerprint density at radius 1 is 1.19 bits per heavy atom. The largest absolute Gasteiger partial charge is 0.378 e. The van der Waals surface area contributed by atoms with Crippen molar-refractivity contribution in [2.75, 3.05) is 25.5 Å². The minimum absolute atomic E-state index is 0.142. The first-order valence-corrected chi connectivity index (χ1v) is 9.11. The number of nitrogens with one attached hydrogen (secondary N) is 1. The summed E-state index contributed by atoms with van der Waals surface area (Å²) in [7, 11) is 1.79. The number of nitrogens with zero attached hydrogens (tertiary/aromatic N) is 1.